The highest BCUT2D eigenvalue weighted by atomic mass is 35.5. The van der Waals surface area contributed by atoms with Gasteiger partial charge in [-0.3, -0.25) is 9.59 Å². The molecule has 2 aliphatic heterocycles. The normalized spacial score (nSPS) is 17.8. The van der Waals surface area contributed by atoms with E-state index in [2.05, 4.69) is 62.8 Å². The number of hydrogen-bond donors (Lipinski definition) is 1. The van der Waals surface area contributed by atoms with Crippen molar-refractivity contribution < 1.29 is 14.3 Å². The Bertz CT molecular complexity index is 1070. The number of nitrogens with zero attached hydrogens (tertiary/aromatic N) is 2. The maximum absolute atomic E-state index is 13.2. The Labute approximate surface area is 207 Å². The van der Waals surface area contributed by atoms with E-state index in [1.807, 2.05) is 23.1 Å². The van der Waals surface area contributed by atoms with E-state index in [0.717, 1.165) is 40.5 Å². The Morgan fingerprint density at radius 1 is 1.21 bits per heavy atom. The highest BCUT2D eigenvalue weighted by Crippen LogP contribution is 2.42. The van der Waals surface area contributed by atoms with Crippen LogP contribution >= 0.6 is 11.6 Å². The summed E-state index contributed by atoms with van der Waals surface area (Å²) in [7, 11) is 3.78. The summed E-state index contributed by atoms with van der Waals surface area (Å²) in [6, 6.07) is 12.3. The number of nitrogens with one attached hydrogen (secondary N) is 1. The third-order valence-electron chi connectivity index (χ3n) is 6.69. The third kappa shape index (κ3) is 4.76. The molecule has 182 valence electrons. The van der Waals surface area contributed by atoms with Crippen molar-refractivity contribution in [2.45, 2.75) is 31.8 Å². The first-order chi connectivity index (χ1) is 16.1. The lowest BCUT2D eigenvalue weighted by Crippen LogP contribution is -2.62. The van der Waals surface area contributed by atoms with Crippen LogP contribution in [0.25, 0.3) is 0 Å². The molecule has 2 aromatic carbocycles. The molecule has 1 fully saturated rings. The minimum atomic E-state index is -0.346. The topological polar surface area (TPSA) is 61.9 Å². The lowest BCUT2D eigenvalue weighted by Gasteiger charge is -2.50. The molecule has 7 heteroatoms. The van der Waals surface area contributed by atoms with Crippen molar-refractivity contribution in [1.82, 2.24) is 9.80 Å². The van der Waals surface area contributed by atoms with Crippen molar-refractivity contribution >= 4 is 29.5 Å². The van der Waals surface area contributed by atoms with Gasteiger partial charge in [-0.2, -0.15) is 0 Å². The Hall–Kier alpha value is -2.67. The van der Waals surface area contributed by atoms with E-state index in [0.29, 0.717) is 19.4 Å². The molecule has 0 aliphatic carbocycles. The molecular weight excluding hydrogens is 450 g/mol. The van der Waals surface area contributed by atoms with Crippen molar-refractivity contribution in [2.24, 2.45) is 0 Å². The number of fused-ring (bicyclic) bond motifs is 1. The number of anilines is 1. The number of rotatable bonds is 7. The number of carbonyl (C=O) groups excluding carboxylic acids is 2. The number of allylic oxidation sites excluding steroid dienone is 1. The van der Waals surface area contributed by atoms with Gasteiger partial charge in [-0.15, -0.1) is 0 Å². The van der Waals surface area contributed by atoms with E-state index in [1.54, 1.807) is 7.11 Å². The first kappa shape index (κ1) is 25.9. The number of aldehydes is 1. The van der Waals surface area contributed by atoms with Crippen LogP contribution in [-0.2, 0) is 20.6 Å². The van der Waals surface area contributed by atoms with Crippen LogP contribution in [0.4, 0.5) is 5.69 Å². The highest BCUT2D eigenvalue weighted by Gasteiger charge is 2.45. The van der Waals surface area contributed by atoms with Gasteiger partial charge in [-0.1, -0.05) is 36.4 Å². The fourth-order valence-electron chi connectivity index (χ4n) is 5.03. The van der Waals surface area contributed by atoms with Crippen molar-refractivity contribution in [3.8, 4) is 0 Å². The van der Waals surface area contributed by atoms with Gasteiger partial charge in [0.2, 0.25) is 0 Å². The maximum Gasteiger partial charge on any atom is 0.255 e. The average molecular weight is 484 g/mol. The summed E-state index contributed by atoms with van der Waals surface area (Å²) in [6.45, 7) is 12.2. The molecule has 1 saturated heterocycles. The van der Waals surface area contributed by atoms with Crippen LogP contribution in [0, 0.1) is 6.92 Å². The van der Waals surface area contributed by atoms with Crippen LogP contribution in [0.1, 0.15) is 40.9 Å². The van der Waals surface area contributed by atoms with Gasteiger partial charge >= 0.3 is 0 Å². The molecule has 1 amide bonds. The zero-order valence-corrected chi connectivity index (χ0v) is 21.4. The Morgan fingerprint density at radius 3 is 2.47 bits per heavy atom. The molecule has 2 aromatic rings. The van der Waals surface area contributed by atoms with Crippen molar-refractivity contribution in [3.05, 3.63) is 76.3 Å². The van der Waals surface area contributed by atoms with E-state index < -0.39 is 0 Å². The van der Waals surface area contributed by atoms with Gasteiger partial charge in [0.05, 0.1) is 17.7 Å². The van der Waals surface area contributed by atoms with E-state index >= 15 is 0 Å². The van der Waals surface area contributed by atoms with Crippen molar-refractivity contribution in [2.75, 3.05) is 45.7 Å². The molecule has 6 nitrogen and oxygen atoms in total. The smallest absolute Gasteiger partial charge is 0.255 e. The molecule has 0 atom stereocenters. The van der Waals surface area contributed by atoms with Gasteiger partial charge in [0.15, 0.2) is 0 Å². The van der Waals surface area contributed by atoms with Gasteiger partial charge < -0.3 is 19.9 Å². The number of hydrogen-bond acceptors (Lipinski definition) is 5. The Balaban J connectivity index is 0.000000751. The average Bonchev–Trinajstić information content (AvgIpc) is 2.97. The monoisotopic (exact) mass is 483 g/mol. The third-order valence-corrected chi connectivity index (χ3v) is 7.10. The molecule has 2 heterocycles. The molecule has 1 N–H and O–H groups in total. The minimum Gasteiger partial charge on any atom is -0.383 e. The van der Waals surface area contributed by atoms with E-state index in [1.165, 1.54) is 11.6 Å². The highest BCUT2D eigenvalue weighted by molar-refractivity contribution is 6.31. The van der Waals surface area contributed by atoms with E-state index in [-0.39, 0.29) is 17.0 Å². The first-order valence-corrected chi connectivity index (χ1v) is 11.7. The largest absolute Gasteiger partial charge is 0.383 e. The van der Waals surface area contributed by atoms with E-state index in [4.69, 9.17) is 21.1 Å². The quantitative estimate of drug-likeness (QED) is 0.460. The van der Waals surface area contributed by atoms with Crippen molar-refractivity contribution in [1.29, 1.82) is 0 Å². The Kier molecular flexibility index (Phi) is 7.86. The summed E-state index contributed by atoms with van der Waals surface area (Å²) in [4.78, 5) is 26.4. The number of methoxy groups -OCH3 is 1. The fourth-order valence-corrected chi connectivity index (χ4v) is 5.21. The van der Waals surface area contributed by atoms with Crippen LogP contribution in [0.5, 0.6) is 0 Å². The summed E-state index contributed by atoms with van der Waals surface area (Å²) in [6.07, 6.45) is 1.83. The molecule has 34 heavy (non-hydrogen) atoms. The number of likely N-dealkylation sites (tertiary alicyclic amines) is 1. The molecule has 4 rings (SSSR count). The molecule has 0 aromatic heterocycles. The molecule has 0 saturated carbocycles. The molecule has 0 bridgehead atoms. The summed E-state index contributed by atoms with van der Waals surface area (Å²) in [5.41, 5.74) is 4.54. The predicted molar refractivity (Wildman–Crippen MR) is 138 cm³/mol. The lowest BCUT2D eigenvalue weighted by atomic mass is 9.80. The van der Waals surface area contributed by atoms with Crippen LogP contribution < -0.4 is 5.32 Å². The van der Waals surface area contributed by atoms with Crippen LogP contribution in [-0.4, -0.2) is 62.4 Å². The van der Waals surface area contributed by atoms with Gasteiger partial charge in [-0.05, 0) is 68.8 Å². The van der Waals surface area contributed by atoms with Gasteiger partial charge in [0.1, 0.15) is 6.29 Å². The number of halogens is 1. The molecular formula is C27H34ClN3O3. The van der Waals surface area contributed by atoms with Gasteiger partial charge in [0, 0.05) is 43.0 Å². The fraction of sp³-hybridized carbons (Fsp3) is 0.407. The maximum atomic E-state index is 13.2. The van der Waals surface area contributed by atoms with Crippen LogP contribution in [0.15, 0.2) is 49.1 Å². The summed E-state index contributed by atoms with van der Waals surface area (Å²) < 4.78 is 5.21. The predicted octanol–water partition coefficient (Wildman–Crippen LogP) is 4.61. The second-order valence-corrected chi connectivity index (χ2v) is 9.84. The second-order valence-electron chi connectivity index (χ2n) is 9.43. The molecule has 0 unspecified atom stereocenters. The minimum absolute atomic E-state index is 0.0643. The SMILES string of the molecule is C=CC=O.COCCN1C(=O)c2cc(NC3(c4cccc(Cl)c4C)CN(C)C3)ccc2C1(C)C. The van der Waals surface area contributed by atoms with Crippen LogP contribution in [0.2, 0.25) is 5.02 Å². The zero-order valence-electron chi connectivity index (χ0n) is 20.7. The second kappa shape index (κ2) is 10.3. The zero-order chi connectivity index (χ0) is 25.1. The number of benzene rings is 2. The summed E-state index contributed by atoms with van der Waals surface area (Å²) in [5, 5.41) is 4.53. The van der Waals surface area contributed by atoms with E-state index in [9.17, 15) is 4.79 Å². The summed E-state index contributed by atoms with van der Waals surface area (Å²) >= 11 is 6.42. The number of likely N-dealkylation sites (N-methyl/N-ethyl adjacent to an activating group) is 1. The first-order valence-electron chi connectivity index (χ1n) is 11.3. The van der Waals surface area contributed by atoms with Crippen molar-refractivity contribution in [3.63, 3.8) is 0 Å². The molecule has 0 radical (unpaired) electrons. The summed E-state index contributed by atoms with van der Waals surface area (Å²) in [5.74, 6) is 0.0643. The Morgan fingerprint density at radius 2 is 1.88 bits per heavy atom. The number of amides is 1. The van der Waals surface area contributed by atoms with Gasteiger partial charge in [-0.25, -0.2) is 0 Å². The molecule has 0 spiro atoms. The number of ether oxygens (including phenoxy) is 1. The van der Waals surface area contributed by atoms with Crippen LogP contribution in [0.3, 0.4) is 0 Å². The number of carbonyl (C=O) groups is 2. The lowest BCUT2D eigenvalue weighted by molar-refractivity contribution is -0.104. The molecule has 2 aliphatic rings. The van der Waals surface area contributed by atoms with Gasteiger partial charge in [0.25, 0.3) is 5.91 Å². The standard InChI is InChI=1S/C24H30ClN3O2.C3H4O/c1-16-19(7-6-8-21(16)25)24(14-27(4)15-24)26-17-9-10-20-18(13-17)22(29)28(11-12-30-5)23(20,2)3;1-2-3-4/h6-10,13,26H,11-12,14-15H2,1-5H3;2-3H,1H2.